The molecule has 0 aliphatic carbocycles. The average Bonchev–Trinajstić information content (AvgIpc) is 3.30. The summed E-state index contributed by atoms with van der Waals surface area (Å²) in [5.41, 5.74) is 4.14. The number of rotatable bonds is 5. The maximum atomic E-state index is 13.9. The number of hydrogen-bond donors (Lipinski definition) is 2. The van der Waals surface area contributed by atoms with Gasteiger partial charge in [0.05, 0.1) is 12.2 Å². The van der Waals surface area contributed by atoms with Gasteiger partial charge in [-0.25, -0.2) is 4.39 Å². The molecule has 1 amide bonds. The lowest BCUT2D eigenvalue weighted by molar-refractivity contribution is -0.111. The standard InChI is InChI=1S/C27H30FN3O3/c1-27(2)22(16-24(34-27)25-21-15-20(28)7-8-23(21)29-26(25)33)19-5-3-18(4-6-19)17-31-11-9-30(10-12-31)13-14-32/h3-8,15-16,32H,9-14,17H2,1-2H3,(H,29,33)/b25-24+. The summed E-state index contributed by atoms with van der Waals surface area (Å²) in [4.78, 5) is 17.4. The highest BCUT2D eigenvalue weighted by Gasteiger charge is 2.38. The summed E-state index contributed by atoms with van der Waals surface area (Å²) < 4.78 is 20.1. The number of carbonyl (C=O) groups is 1. The van der Waals surface area contributed by atoms with Gasteiger partial charge in [-0.15, -0.1) is 0 Å². The minimum Gasteiger partial charge on any atom is -0.482 e. The zero-order valence-corrected chi connectivity index (χ0v) is 19.6. The number of aliphatic hydroxyl groups is 1. The van der Waals surface area contributed by atoms with E-state index in [0.29, 0.717) is 22.6 Å². The van der Waals surface area contributed by atoms with E-state index in [2.05, 4.69) is 39.4 Å². The molecule has 0 radical (unpaired) electrons. The summed E-state index contributed by atoms with van der Waals surface area (Å²) in [6.45, 7) is 9.76. The van der Waals surface area contributed by atoms with Crippen molar-refractivity contribution in [2.45, 2.75) is 26.0 Å². The molecule has 2 aromatic rings. The second-order valence-corrected chi connectivity index (χ2v) is 9.59. The molecule has 6 nitrogen and oxygen atoms in total. The van der Waals surface area contributed by atoms with Gasteiger partial charge >= 0.3 is 0 Å². The molecule has 2 aromatic carbocycles. The molecule has 5 rings (SSSR count). The van der Waals surface area contributed by atoms with Gasteiger partial charge in [-0.3, -0.25) is 14.6 Å². The fourth-order valence-electron chi connectivity index (χ4n) is 4.96. The molecule has 0 spiro atoms. The van der Waals surface area contributed by atoms with Crippen LogP contribution in [0.5, 0.6) is 0 Å². The highest BCUT2D eigenvalue weighted by Crippen LogP contribution is 2.44. The number of β-amino-alcohol motifs (C(OH)–C–C–N with tert-alkyl or cyclic N) is 1. The number of ether oxygens (including phenoxy) is 1. The molecular weight excluding hydrogens is 433 g/mol. The van der Waals surface area contributed by atoms with Crippen LogP contribution >= 0.6 is 0 Å². The Balaban J connectivity index is 1.36. The number of allylic oxidation sites excluding steroid dienone is 1. The first-order valence-electron chi connectivity index (χ1n) is 11.8. The Hall–Kier alpha value is -3.00. The van der Waals surface area contributed by atoms with Gasteiger partial charge in [0.15, 0.2) is 0 Å². The summed E-state index contributed by atoms with van der Waals surface area (Å²) in [7, 11) is 0. The highest BCUT2D eigenvalue weighted by molar-refractivity contribution is 6.32. The van der Waals surface area contributed by atoms with Crippen LogP contribution in [0.4, 0.5) is 10.1 Å². The van der Waals surface area contributed by atoms with Gasteiger partial charge in [-0.2, -0.15) is 0 Å². The number of benzene rings is 2. The second kappa shape index (κ2) is 8.98. The van der Waals surface area contributed by atoms with Crippen molar-refractivity contribution in [2.24, 2.45) is 0 Å². The zero-order chi connectivity index (χ0) is 23.9. The number of halogens is 1. The molecule has 0 unspecified atom stereocenters. The molecule has 2 N–H and O–H groups in total. The normalized spacial score (nSPS) is 22.4. The van der Waals surface area contributed by atoms with Crippen LogP contribution in [0.25, 0.3) is 11.1 Å². The number of piperazine rings is 1. The van der Waals surface area contributed by atoms with Crippen molar-refractivity contribution in [3.05, 3.63) is 76.8 Å². The van der Waals surface area contributed by atoms with Gasteiger partial charge in [-0.05, 0) is 49.2 Å². The third kappa shape index (κ3) is 4.39. The molecule has 1 fully saturated rings. The van der Waals surface area contributed by atoms with Crippen LogP contribution in [0.3, 0.4) is 0 Å². The van der Waals surface area contributed by atoms with E-state index < -0.39 is 5.60 Å². The number of hydrogen-bond acceptors (Lipinski definition) is 5. The molecule has 3 aliphatic heterocycles. The fraction of sp³-hybridized carbons (Fsp3) is 0.370. The number of nitrogens with zero attached hydrogens (tertiary/aromatic N) is 2. The molecule has 0 aromatic heterocycles. The van der Waals surface area contributed by atoms with Gasteiger partial charge in [0.1, 0.15) is 17.2 Å². The molecule has 3 heterocycles. The fourth-order valence-corrected chi connectivity index (χ4v) is 4.96. The Morgan fingerprint density at radius 3 is 2.47 bits per heavy atom. The number of aliphatic hydroxyl groups excluding tert-OH is 1. The van der Waals surface area contributed by atoms with E-state index >= 15 is 0 Å². The first-order valence-corrected chi connectivity index (χ1v) is 11.8. The van der Waals surface area contributed by atoms with Crippen molar-refractivity contribution < 1.29 is 19.0 Å². The van der Waals surface area contributed by atoms with Crippen LogP contribution in [-0.2, 0) is 16.1 Å². The van der Waals surface area contributed by atoms with Crippen LogP contribution < -0.4 is 5.32 Å². The van der Waals surface area contributed by atoms with Crippen molar-refractivity contribution in [3.63, 3.8) is 0 Å². The van der Waals surface area contributed by atoms with Crippen LogP contribution in [-0.4, -0.2) is 65.7 Å². The topological polar surface area (TPSA) is 65.0 Å². The molecule has 7 heteroatoms. The average molecular weight is 464 g/mol. The minimum atomic E-state index is -0.622. The molecule has 1 saturated heterocycles. The zero-order valence-electron chi connectivity index (χ0n) is 19.6. The summed E-state index contributed by atoms with van der Waals surface area (Å²) >= 11 is 0. The smallest absolute Gasteiger partial charge is 0.260 e. The van der Waals surface area contributed by atoms with E-state index in [9.17, 15) is 9.18 Å². The van der Waals surface area contributed by atoms with Crippen molar-refractivity contribution in [1.82, 2.24) is 9.80 Å². The van der Waals surface area contributed by atoms with Gasteiger partial charge in [0, 0.05) is 56.1 Å². The largest absolute Gasteiger partial charge is 0.482 e. The molecule has 3 aliphatic rings. The van der Waals surface area contributed by atoms with Gasteiger partial charge in [0.2, 0.25) is 0 Å². The lowest BCUT2D eigenvalue weighted by Gasteiger charge is -2.34. The number of nitrogens with one attached hydrogen (secondary N) is 1. The minimum absolute atomic E-state index is 0.212. The van der Waals surface area contributed by atoms with E-state index in [-0.39, 0.29) is 18.3 Å². The number of carbonyl (C=O) groups excluding carboxylic acids is 1. The third-order valence-corrected chi connectivity index (χ3v) is 6.81. The van der Waals surface area contributed by atoms with Gasteiger partial charge < -0.3 is 15.2 Å². The predicted octanol–water partition coefficient (Wildman–Crippen LogP) is 3.49. The molecule has 34 heavy (non-hydrogen) atoms. The number of amides is 1. The molecule has 178 valence electrons. The van der Waals surface area contributed by atoms with Gasteiger partial charge in [0.25, 0.3) is 5.91 Å². The van der Waals surface area contributed by atoms with E-state index in [1.807, 2.05) is 19.9 Å². The molecular formula is C27H30FN3O3. The summed E-state index contributed by atoms with van der Waals surface area (Å²) in [5, 5.41) is 11.9. The third-order valence-electron chi connectivity index (χ3n) is 6.81. The second-order valence-electron chi connectivity index (χ2n) is 9.59. The SMILES string of the molecule is CC1(C)O/C(=C2/C(=O)Nc3ccc(F)cc32)C=C1c1ccc(CN2CCN(CCO)CC2)cc1. The van der Waals surface area contributed by atoms with Crippen LogP contribution in [0.15, 0.2) is 54.3 Å². The lowest BCUT2D eigenvalue weighted by atomic mass is 9.91. The van der Waals surface area contributed by atoms with Crippen molar-refractivity contribution in [1.29, 1.82) is 0 Å². The number of anilines is 1. The maximum absolute atomic E-state index is 13.9. The summed E-state index contributed by atoms with van der Waals surface area (Å²) in [6, 6.07) is 12.8. The van der Waals surface area contributed by atoms with Crippen molar-refractivity contribution in [2.75, 3.05) is 44.6 Å². The quantitative estimate of drug-likeness (QED) is 0.665. The first kappa shape index (κ1) is 22.8. The maximum Gasteiger partial charge on any atom is 0.260 e. The van der Waals surface area contributed by atoms with Crippen LogP contribution in [0.1, 0.15) is 30.5 Å². The molecule has 0 bridgehead atoms. The van der Waals surface area contributed by atoms with E-state index in [1.54, 1.807) is 6.07 Å². The van der Waals surface area contributed by atoms with Gasteiger partial charge in [-0.1, -0.05) is 24.3 Å². The number of fused-ring (bicyclic) bond motifs is 1. The predicted molar refractivity (Wildman–Crippen MR) is 130 cm³/mol. The molecule has 0 atom stereocenters. The highest BCUT2D eigenvalue weighted by atomic mass is 19.1. The summed E-state index contributed by atoms with van der Waals surface area (Å²) in [6.07, 6.45) is 1.91. The van der Waals surface area contributed by atoms with Crippen molar-refractivity contribution in [3.8, 4) is 0 Å². The lowest BCUT2D eigenvalue weighted by Crippen LogP contribution is -2.46. The van der Waals surface area contributed by atoms with Crippen molar-refractivity contribution >= 4 is 22.7 Å². The Morgan fingerprint density at radius 1 is 1.06 bits per heavy atom. The van der Waals surface area contributed by atoms with Crippen LogP contribution in [0.2, 0.25) is 0 Å². The van der Waals surface area contributed by atoms with E-state index in [0.717, 1.165) is 50.4 Å². The van der Waals surface area contributed by atoms with E-state index in [4.69, 9.17) is 9.84 Å². The Morgan fingerprint density at radius 2 is 1.76 bits per heavy atom. The Labute approximate surface area is 199 Å². The summed E-state index contributed by atoms with van der Waals surface area (Å²) in [5.74, 6) is -0.204. The first-order chi connectivity index (χ1) is 16.3. The Kier molecular flexibility index (Phi) is 6.02. The van der Waals surface area contributed by atoms with E-state index in [1.165, 1.54) is 17.7 Å². The Bertz CT molecular complexity index is 1160. The van der Waals surface area contributed by atoms with Crippen LogP contribution in [0, 0.1) is 5.82 Å². The monoisotopic (exact) mass is 463 g/mol. The molecule has 0 saturated carbocycles.